The zero-order valence-electron chi connectivity index (χ0n) is 15.8. The first kappa shape index (κ1) is 20.5. The van der Waals surface area contributed by atoms with Crippen LogP contribution in [0.2, 0.25) is 0 Å². The largest absolute Gasteiger partial charge is 0.423 e. The fourth-order valence-electron chi connectivity index (χ4n) is 3.86. The lowest BCUT2D eigenvalue weighted by atomic mass is 10.0. The number of aryl methyl sites for hydroxylation is 1. The van der Waals surface area contributed by atoms with Crippen molar-refractivity contribution in [3.63, 3.8) is 0 Å². The molecule has 1 aromatic carbocycles. The lowest BCUT2D eigenvalue weighted by molar-refractivity contribution is 0.0355. The first-order valence-electron chi connectivity index (χ1n) is 9.29. The highest BCUT2D eigenvalue weighted by Gasteiger charge is 2.41. The quantitative estimate of drug-likeness (QED) is 0.576. The lowest BCUT2D eigenvalue weighted by Crippen LogP contribution is -2.64. The predicted molar refractivity (Wildman–Crippen MR) is 111 cm³/mol. The van der Waals surface area contributed by atoms with Crippen molar-refractivity contribution in [1.29, 1.82) is 0 Å². The molecule has 2 saturated heterocycles. The maximum absolute atomic E-state index is 14.6. The van der Waals surface area contributed by atoms with Crippen molar-refractivity contribution < 1.29 is 23.4 Å². The summed E-state index contributed by atoms with van der Waals surface area (Å²) in [4.78, 5) is 28.3. The molecule has 3 heterocycles. The topological polar surface area (TPSA) is 83.2 Å². The second-order valence-corrected chi connectivity index (χ2v) is 9.60. The van der Waals surface area contributed by atoms with E-state index in [-0.39, 0.29) is 30.0 Å². The Morgan fingerprint density at radius 3 is 2.79 bits per heavy atom. The number of carbonyl (C=O) groups excluding carboxylic acids is 1. The van der Waals surface area contributed by atoms with Gasteiger partial charge in [0.2, 0.25) is 0 Å². The molecule has 0 saturated carbocycles. The van der Waals surface area contributed by atoms with E-state index < -0.39 is 17.5 Å². The third kappa shape index (κ3) is 4.11. The number of benzene rings is 1. The van der Waals surface area contributed by atoms with Gasteiger partial charge in [-0.05, 0) is 18.6 Å². The molecule has 156 valence electrons. The number of β-amino-alcohol motifs (C(OH)–C–C–N with tert-alkyl or cyclic N) is 1. The number of fused-ring (bicyclic) bond motifs is 2. The molecule has 29 heavy (non-hydrogen) atoms. The van der Waals surface area contributed by atoms with E-state index in [9.17, 15) is 19.1 Å². The van der Waals surface area contributed by atoms with E-state index in [0.29, 0.717) is 30.6 Å². The van der Waals surface area contributed by atoms with Gasteiger partial charge >= 0.3 is 11.7 Å². The van der Waals surface area contributed by atoms with Crippen molar-refractivity contribution in [2.45, 2.75) is 19.0 Å². The van der Waals surface area contributed by atoms with Gasteiger partial charge in [-0.15, -0.1) is 0 Å². The van der Waals surface area contributed by atoms with Crippen LogP contribution in [0.25, 0.3) is 11.0 Å². The molecule has 4 rings (SSSR count). The van der Waals surface area contributed by atoms with Crippen LogP contribution in [-0.4, -0.2) is 70.8 Å². The number of carbonyl (C=O) groups is 1. The second-order valence-electron chi connectivity index (χ2n) is 7.05. The summed E-state index contributed by atoms with van der Waals surface area (Å²) >= 11 is 0. The normalized spacial score (nSPS) is 22.5. The minimum Gasteiger partial charge on any atom is -0.423 e. The Hall–Kier alpha value is -1.75. The summed E-state index contributed by atoms with van der Waals surface area (Å²) in [7, 11) is 3.44. The highest BCUT2D eigenvalue weighted by Crippen LogP contribution is 2.36. The predicted octanol–water partition coefficient (Wildman–Crippen LogP) is 2.48. The Balaban J connectivity index is 1.57. The van der Waals surface area contributed by atoms with Crippen LogP contribution in [-0.2, 0) is 0 Å². The van der Waals surface area contributed by atoms with Crippen molar-refractivity contribution in [2.75, 3.05) is 37.7 Å². The highest BCUT2D eigenvalue weighted by atomic mass is 33.1. The van der Waals surface area contributed by atoms with Crippen molar-refractivity contribution in [3.05, 3.63) is 40.0 Å². The monoisotopic (exact) mass is 440 g/mol. The fraction of sp³-hybridized carbons (Fsp3) is 0.474. The molecule has 1 aromatic heterocycles. The molecule has 0 unspecified atom stereocenters. The van der Waals surface area contributed by atoms with Crippen molar-refractivity contribution in [1.82, 2.24) is 9.80 Å². The zero-order chi connectivity index (χ0) is 20.5. The third-order valence-corrected chi connectivity index (χ3v) is 7.76. The van der Waals surface area contributed by atoms with E-state index in [1.54, 1.807) is 33.4 Å². The number of rotatable bonds is 3. The molecule has 1 N–H and O–H groups in total. The summed E-state index contributed by atoms with van der Waals surface area (Å²) in [6.45, 7) is 3.38. The van der Waals surface area contributed by atoms with Crippen molar-refractivity contribution >= 4 is 38.7 Å². The standard InChI is InChI=1S/C19H21FN2O5S2/c1-11-6-18(24)26-16-8-17(13(20)7-12(11)16)27-19(25)22-3-2-21(4-5-23)14-9-28-29-10-15(14)22/h6-8,14-15,23H,2-5,9-10H2,1H3/t14-,15-/m0/s1. The van der Waals surface area contributed by atoms with Crippen molar-refractivity contribution in [3.8, 4) is 5.75 Å². The number of nitrogens with zero attached hydrogens (tertiary/aromatic N) is 2. The molecule has 2 fully saturated rings. The maximum Gasteiger partial charge on any atom is 0.415 e. The summed E-state index contributed by atoms with van der Waals surface area (Å²) in [6.07, 6.45) is -0.621. The van der Waals surface area contributed by atoms with Crippen LogP contribution < -0.4 is 10.4 Å². The van der Waals surface area contributed by atoms with Crippen LogP contribution in [0, 0.1) is 12.7 Å². The Kier molecular flexibility index (Phi) is 6.05. The van der Waals surface area contributed by atoms with Gasteiger partial charge in [0.15, 0.2) is 11.6 Å². The minimum atomic E-state index is -0.688. The molecule has 10 heteroatoms. The first-order chi connectivity index (χ1) is 14.0. The number of amides is 1. The van der Waals surface area contributed by atoms with E-state index in [4.69, 9.17) is 9.15 Å². The Morgan fingerprint density at radius 2 is 2.03 bits per heavy atom. The molecule has 0 spiro atoms. The van der Waals surface area contributed by atoms with E-state index in [1.807, 2.05) is 0 Å². The van der Waals surface area contributed by atoms with Crippen molar-refractivity contribution in [2.24, 2.45) is 0 Å². The van der Waals surface area contributed by atoms with Gasteiger partial charge in [0.25, 0.3) is 0 Å². The number of halogens is 1. The van der Waals surface area contributed by atoms with Gasteiger partial charge in [-0.3, -0.25) is 4.90 Å². The van der Waals surface area contributed by atoms with E-state index in [1.165, 1.54) is 18.2 Å². The Labute approximate surface area is 174 Å². The average molecular weight is 441 g/mol. The SMILES string of the molecule is Cc1cc(=O)oc2cc(OC(=O)N3CCN(CCO)[C@H]4CSSC[C@@H]43)c(F)cc12. The molecule has 7 nitrogen and oxygen atoms in total. The van der Waals surface area contributed by atoms with Crippen LogP contribution in [0.4, 0.5) is 9.18 Å². The van der Waals surface area contributed by atoms with Crippen LogP contribution in [0.1, 0.15) is 5.56 Å². The number of aliphatic hydroxyl groups excluding tert-OH is 1. The van der Waals surface area contributed by atoms with Gasteiger partial charge in [-0.25, -0.2) is 14.0 Å². The van der Waals surface area contributed by atoms with E-state index in [2.05, 4.69) is 4.90 Å². The highest BCUT2D eigenvalue weighted by molar-refractivity contribution is 8.76. The molecule has 2 aliphatic rings. The smallest absolute Gasteiger partial charge is 0.415 e. The number of aliphatic hydroxyl groups is 1. The number of hydrogen-bond donors (Lipinski definition) is 1. The second kappa shape index (κ2) is 8.55. The van der Waals surface area contributed by atoms with Crippen LogP contribution >= 0.6 is 21.6 Å². The summed E-state index contributed by atoms with van der Waals surface area (Å²) in [5.74, 6) is 0.629. The number of piperazine rings is 1. The lowest BCUT2D eigenvalue weighted by Gasteiger charge is -2.48. The molecule has 2 atom stereocenters. The summed E-state index contributed by atoms with van der Waals surface area (Å²) in [5, 5.41) is 9.76. The number of hydrogen-bond acceptors (Lipinski definition) is 8. The Bertz CT molecular complexity index is 985. The van der Waals surface area contributed by atoms with Gasteiger partial charge in [0, 0.05) is 54.7 Å². The summed E-state index contributed by atoms with van der Waals surface area (Å²) in [5.41, 5.74) is 0.223. The van der Waals surface area contributed by atoms with Gasteiger partial charge < -0.3 is 19.2 Å². The Morgan fingerprint density at radius 1 is 1.28 bits per heavy atom. The van der Waals surface area contributed by atoms with Crippen LogP contribution in [0.5, 0.6) is 5.75 Å². The molecule has 0 radical (unpaired) electrons. The van der Waals surface area contributed by atoms with Crippen LogP contribution in [0.15, 0.2) is 27.4 Å². The van der Waals surface area contributed by atoms with Gasteiger partial charge in [-0.2, -0.15) is 0 Å². The van der Waals surface area contributed by atoms with Gasteiger partial charge in [-0.1, -0.05) is 21.6 Å². The first-order valence-corrected chi connectivity index (χ1v) is 11.8. The summed E-state index contributed by atoms with van der Waals surface area (Å²) in [6, 6.07) is 3.81. The summed E-state index contributed by atoms with van der Waals surface area (Å²) < 4.78 is 25.1. The van der Waals surface area contributed by atoms with Gasteiger partial charge in [0.1, 0.15) is 5.58 Å². The number of ether oxygens (including phenoxy) is 1. The molecule has 1 amide bonds. The molecule has 0 bridgehead atoms. The van der Waals surface area contributed by atoms with Crippen LogP contribution in [0.3, 0.4) is 0 Å². The maximum atomic E-state index is 14.6. The molecule has 0 aliphatic carbocycles. The zero-order valence-corrected chi connectivity index (χ0v) is 17.4. The molecule has 2 aromatic rings. The minimum absolute atomic E-state index is 0.0679. The van der Waals surface area contributed by atoms with E-state index in [0.717, 1.165) is 11.5 Å². The van der Waals surface area contributed by atoms with Gasteiger partial charge in [0.05, 0.1) is 12.6 Å². The molecular weight excluding hydrogens is 419 g/mol. The fourth-order valence-corrected chi connectivity index (χ4v) is 6.58. The average Bonchev–Trinajstić information content (AvgIpc) is 2.69. The van der Waals surface area contributed by atoms with E-state index >= 15 is 0 Å². The molecular formula is C19H21FN2O5S2. The molecule has 2 aliphatic heterocycles. The third-order valence-electron chi connectivity index (χ3n) is 5.33.